The van der Waals surface area contributed by atoms with Crippen LogP contribution >= 0.6 is 11.3 Å². The van der Waals surface area contributed by atoms with Gasteiger partial charge in [-0.25, -0.2) is 4.98 Å². The van der Waals surface area contributed by atoms with Gasteiger partial charge in [0.1, 0.15) is 0 Å². The lowest BCUT2D eigenvalue weighted by atomic mass is 10.0. The third kappa shape index (κ3) is 2.12. The second-order valence-electron chi connectivity index (χ2n) is 3.77. The van der Waals surface area contributed by atoms with Crippen molar-refractivity contribution < 1.29 is 0 Å². The molecule has 1 heterocycles. The van der Waals surface area contributed by atoms with Crippen LogP contribution in [0.25, 0.3) is 0 Å². The van der Waals surface area contributed by atoms with E-state index in [9.17, 15) is 0 Å². The Hall–Kier alpha value is -0.900. The summed E-state index contributed by atoms with van der Waals surface area (Å²) in [5.41, 5.74) is 5.31. The fourth-order valence-corrected chi connectivity index (χ4v) is 2.55. The van der Waals surface area contributed by atoms with Crippen LogP contribution < -0.4 is 5.43 Å². The Morgan fingerprint density at radius 1 is 1.36 bits per heavy atom. The minimum Gasteiger partial charge on any atom is -0.253 e. The molecule has 4 heteroatoms. The number of hydrogen-bond acceptors (Lipinski definition) is 4. The van der Waals surface area contributed by atoms with Crippen molar-refractivity contribution in [3.8, 4) is 0 Å². The van der Waals surface area contributed by atoms with Gasteiger partial charge in [0.2, 0.25) is 5.13 Å². The number of nitrogens with zero attached hydrogens (tertiary/aromatic N) is 2. The molecule has 1 N–H and O–H groups in total. The molecule has 0 bridgehead atoms. The third-order valence-electron chi connectivity index (χ3n) is 2.22. The molecule has 1 aliphatic rings. The van der Waals surface area contributed by atoms with Crippen molar-refractivity contribution in [1.29, 1.82) is 0 Å². The fourth-order valence-electron chi connectivity index (χ4n) is 1.56. The van der Waals surface area contributed by atoms with Crippen LogP contribution in [0, 0.1) is 0 Å². The van der Waals surface area contributed by atoms with E-state index in [0.29, 0.717) is 0 Å². The van der Waals surface area contributed by atoms with Gasteiger partial charge in [-0.15, -0.1) is 11.3 Å². The zero-order valence-corrected chi connectivity index (χ0v) is 9.45. The van der Waals surface area contributed by atoms with Crippen molar-refractivity contribution in [2.24, 2.45) is 5.10 Å². The maximum absolute atomic E-state index is 4.52. The van der Waals surface area contributed by atoms with Crippen LogP contribution in [0.2, 0.25) is 0 Å². The van der Waals surface area contributed by atoms with Gasteiger partial charge in [0.05, 0.1) is 5.69 Å². The highest BCUT2D eigenvalue weighted by atomic mass is 32.1. The van der Waals surface area contributed by atoms with Gasteiger partial charge in [-0.05, 0) is 39.5 Å². The number of rotatable bonds is 2. The maximum Gasteiger partial charge on any atom is 0.203 e. The minimum absolute atomic E-state index is 0.943. The van der Waals surface area contributed by atoms with E-state index in [1.54, 1.807) is 11.3 Å². The molecule has 3 nitrogen and oxygen atoms in total. The summed E-state index contributed by atoms with van der Waals surface area (Å²) in [6.45, 7) is 3.95. The molecule has 0 aromatic carbocycles. The van der Waals surface area contributed by atoms with E-state index in [1.165, 1.54) is 29.8 Å². The average molecular weight is 209 g/mol. The summed E-state index contributed by atoms with van der Waals surface area (Å²) in [5.74, 6) is 0. The van der Waals surface area contributed by atoms with Crippen LogP contribution in [0.1, 0.15) is 37.3 Å². The van der Waals surface area contributed by atoms with Gasteiger partial charge in [-0.2, -0.15) is 5.10 Å². The van der Waals surface area contributed by atoms with Gasteiger partial charge in [0.15, 0.2) is 0 Å². The van der Waals surface area contributed by atoms with Crippen LogP contribution in [0.4, 0.5) is 5.13 Å². The van der Waals surface area contributed by atoms with Gasteiger partial charge in [-0.3, -0.25) is 5.43 Å². The number of fused-ring (bicyclic) bond motifs is 1. The van der Waals surface area contributed by atoms with Crippen molar-refractivity contribution in [3.63, 3.8) is 0 Å². The Balaban J connectivity index is 2.12. The number of thiazole rings is 1. The first-order chi connectivity index (χ1) is 6.75. The number of nitrogens with one attached hydrogen (secondary N) is 1. The molecule has 2 rings (SSSR count). The Kier molecular flexibility index (Phi) is 2.82. The molecular weight excluding hydrogens is 194 g/mol. The molecule has 0 saturated carbocycles. The number of anilines is 1. The predicted molar refractivity (Wildman–Crippen MR) is 61.2 cm³/mol. The lowest BCUT2D eigenvalue weighted by molar-refractivity contribution is 0.682. The fraction of sp³-hybridized carbons (Fsp3) is 0.600. The monoisotopic (exact) mass is 209 g/mol. The Morgan fingerprint density at radius 2 is 2.14 bits per heavy atom. The molecule has 1 aromatic heterocycles. The van der Waals surface area contributed by atoms with Crippen molar-refractivity contribution in [2.45, 2.75) is 39.5 Å². The van der Waals surface area contributed by atoms with Crippen LogP contribution in [0.15, 0.2) is 5.10 Å². The molecule has 0 unspecified atom stereocenters. The highest BCUT2D eigenvalue weighted by Gasteiger charge is 2.14. The molecule has 0 fully saturated rings. The van der Waals surface area contributed by atoms with Gasteiger partial charge < -0.3 is 0 Å². The molecule has 14 heavy (non-hydrogen) atoms. The quantitative estimate of drug-likeness (QED) is 0.600. The first kappa shape index (κ1) is 9.65. The van der Waals surface area contributed by atoms with Gasteiger partial charge in [-0.1, -0.05) is 0 Å². The lowest BCUT2D eigenvalue weighted by Crippen LogP contribution is -1.99. The van der Waals surface area contributed by atoms with Crippen molar-refractivity contribution in [2.75, 3.05) is 5.43 Å². The third-order valence-corrected chi connectivity index (χ3v) is 3.28. The van der Waals surface area contributed by atoms with E-state index in [2.05, 4.69) is 15.5 Å². The molecule has 0 spiro atoms. The zero-order chi connectivity index (χ0) is 9.97. The minimum atomic E-state index is 0.943. The van der Waals surface area contributed by atoms with E-state index >= 15 is 0 Å². The summed E-state index contributed by atoms with van der Waals surface area (Å²) in [7, 11) is 0. The summed E-state index contributed by atoms with van der Waals surface area (Å²) in [6.07, 6.45) is 4.93. The standard InChI is InChI=1S/C10H15N3S/c1-7(2)12-13-10-11-8-5-3-4-6-9(8)14-10/h3-6H2,1-2H3,(H,11,13). The summed E-state index contributed by atoms with van der Waals surface area (Å²) < 4.78 is 0. The number of hydrazone groups is 1. The molecule has 76 valence electrons. The largest absolute Gasteiger partial charge is 0.253 e. The Labute approximate surface area is 88.3 Å². The number of aromatic nitrogens is 1. The molecule has 1 aliphatic carbocycles. The van der Waals surface area contributed by atoms with Crippen molar-refractivity contribution in [1.82, 2.24) is 4.98 Å². The topological polar surface area (TPSA) is 37.3 Å². The smallest absolute Gasteiger partial charge is 0.203 e. The normalized spacial score (nSPS) is 14.7. The second kappa shape index (κ2) is 4.09. The van der Waals surface area contributed by atoms with Gasteiger partial charge >= 0.3 is 0 Å². The highest BCUT2D eigenvalue weighted by molar-refractivity contribution is 7.15. The molecule has 0 atom stereocenters. The molecule has 1 aromatic rings. The summed E-state index contributed by atoms with van der Waals surface area (Å²) in [5, 5.41) is 5.10. The first-order valence-corrected chi connectivity index (χ1v) is 5.83. The summed E-state index contributed by atoms with van der Waals surface area (Å²) in [6, 6.07) is 0. The number of hydrogen-bond donors (Lipinski definition) is 1. The summed E-state index contributed by atoms with van der Waals surface area (Å²) in [4.78, 5) is 5.97. The average Bonchev–Trinajstić information content (AvgIpc) is 2.57. The van der Waals surface area contributed by atoms with E-state index in [1.807, 2.05) is 13.8 Å². The van der Waals surface area contributed by atoms with Crippen LogP contribution in [0.3, 0.4) is 0 Å². The highest BCUT2D eigenvalue weighted by Crippen LogP contribution is 2.29. The summed E-state index contributed by atoms with van der Waals surface area (Å²) >= 11 is 1.75. The van der Waals surface area contributed by atoms with Crippen molar-refractivity contribution in [3.05, 3.63) is 10.6 Å². The van der Waals surface area contributed by atoms with Crippen LogP contribution in [-0.2, 0) is 12.8 Å². The van der Waals surface area contributed by atoms with E-state index in [0.717, 1.165) is 17.3 Å². The maximum atomic E-state index is 4.52. The molecule has 0 radical (unpaired) electrons. The Morgan fingerprint density at radius 3 is 2.86 bits per heavy atom. The lowest BCUT2D eigenvalue weighted by Gasteiger charge is -2.06. The van der Waals surface area contributed by atoms with Crippen LogP contribution in [0.5, 0.6) is 0 Å². The van der Waals surface area contributed by atoms with Gasteiger partial charge in [0.25, 0.3) is 0 Å². The van der Waals surface area contributed by atoms with E-state index < -0.39 is 0 Å². The molecular formula is C10H15N3S. The van der Waals surface area contributed by atoms with Crippen LogP contribution in [-0.4, -0.2) is 10.7 Å². The predicted octanol–water partition coefficient (Wildman–Crippen LogP) is 2.83. The number of aryl methyl sites for hydroxylation is 2. The zero-order valence-electron chi connectivity index (χ0n) is 8.63. The Bertz CT molecular complexity index is 327. The molecule has 0 aliphatic heterocycles. The SMILES string of the molecule is CC(C)=NNc1nc2c(s1)CCCC2. The molecule has 0 amide bonds. The van der Waals surface area contributed by atoms with E-state index in [-0.39, 0.29) is 0 Å². The van der Waals surface area contributed by atoms with Crippen molar-refractivity contribution >= 4 is 22.2 Å². The van der Waals surface area contributed by atoms with E-state index in [4.69, 9.17) is 0 Å². The van der Waals surface area contributed by atoms with Gasteiger partial charge in [0, 0.05) is 10.6 Å². The second-order valence-corrected chi connectivity index (χ2v) is 4.85. The molecule has 0 saturated heterocycles. The first-order valence-electron chi connectivity index (χ1n) is 5.01.